The molecule has 0 unspecified atom stereocenters. The molecule has 1 aromatic heterocycles. The molecule has 0 N–H and O–H groups in total. The zero-order valence-corrected chi connectivity index (χ0v) is 9.81. The van der Waals surface area contributed by atoms with Gasteiger partial charge >= 0.3 is 0 Å². The lowest BCUT2D eigenvalue weighted by molar-refractivity contribution is 0.758. The summed E-state index contributed by atoms with van der Waals surface area (Å²) in [6.45, 7) is 3.59. The van der Waals surface area contributed by atoms with Crippen molar-refractivity contribution in [2.45, 2.75) is 13.8 Å². The standard InChI is InChI=1S/C14H13FN2/c1-3-13(15)11-4-6-12(7-5-11)14-16-9-8-10(2)17-14/h3-9H,1-2H3/b13-3-. The minimum Gasteiger partial charge on any atom is -0.237 e. The van der Waals surface area contributed by atoms with Crippen molar-refractivity contribution in [3.05, 3.63) is 53.9 Å². The third kappa shape index (κ3) is 2.56. The van der Waals surface area contributed by atoms with Gasteiger partial charge in [0.25, 0.3) is 0 Å². The number of aryl methyl sites for hydroxylation is 1. The van der Waals surface area contributed by atoms with Gasteiger partial charge in [0, 0.05) is 23.0 Å². The van der Waals surface area contributed by atoms with E-state index in [4.69, 9.17) is 0 Å². The Morgan fingerprint density at radius 3 is 2.47 bits per heavy atom. The summed E-state index contributed by atoms with van der Waals surface area (Å²) in [5.41, 5.74) is 2.38. The lowest BCUT2D eigenvalue weighted by atomic mass is 10.1. The monoisotopic (exact) mass is 228 g/mol. The first-order valence-electron chi connectivity index (χ1n) is 5.43. The van der Waals surface area contributed by atoms with Gasteiger partial charge in [0.15, 0.2) is 5.82 Å². The molecule has 0 saturated heterocycles. The number of aromatic nitrogens is 2. The number of benzene rings is 1. The van der Waals surface area contributed by atoms with Crippen LogP contribution in [-0.4, -0.2) is 9.97 Å². The number of nitrogens with zero attached hydrogens (tertiary/aromatic N) is 2. The second kappa shape index (κ2) is 4.87. The lowest BCUT2D eigenvalue weighted by Crippen LogP contribution is -1.90. The Kier molecular flexibility index (Phi) is 3.28. The Labute approximate surface area is 99.9 Å². The fourth-order valence-electron chi connectivity index (χ4n) is 1.53. The molecule has 0 bridgehead atoms. The minimum atomic E-state index is -0.221. The van der Waals surface area contributed by atoms with Crippen LogP contribution in [0, 0.1) is 6.92 Å². The van der Waals surface area contributed by atoms with Crippen LogP contribution in [0.3, 0.4) is 0 Å². The van der Waals surface area contributed by atoms with Gasteiger partial charge in [0.2, 0.25) is 0 Å². The molecule has 0 aliphatic rings. The number of rotatable bonds is 2. The molecule has 2 nitrogen and oxygen atoms in total. The molecule has 0 amide bonds. The molecule has 1 aromatic carbocycles. The molecule has 0 aliphatic heterocycles. The Morgan fingerprint density at radius 2 is 1.88 bits per heavy atom. The van der Waals surface area contributed by atoms with Gasteiger partial charge in [-0.1, -0.05) is 30.3 Å². The molecule has 1 heterocycles. The first kappa shape index (κ1) is 11.5. The van der Waals surface area contributed by atoms with E-state index in [-0.39, 0.29) is 5.83 Å². The Balaban J connectivity index is 2.36. The molecule has 2 rings (SSSR count). The van der Waals surface area contributed by atoms with Crippen LogP contribution in [0.25, 0.3) is 17.2 Å². The van der Waals surface area contributed by atoms with E-state index < -0.39 is 0 Å². The first-order valence-corrected chi connectivity index (χ1v) is 5.43. The van der Waals surface area contributed by atoms with Crippen molar-refractivity contribution in [3.8, 4) is 11.4 Å². The van der Waals surface area contributed by atoms with Crippen LogP contribution in [0.15, 0.2) is 42.6 Å². The predicted octanol–water partition coefficient (Wildman–Crippen LogP) is 3.78. The van der Waals surface area contributed by atoms with Crippen molar-refractivity contribution in [1.29, 1.82) is 0 Å². The molecule has 0 radical (unpaired) electrons. The van der Waals surface area contributed by atoms with Crippen molar-refractivity contribution < 1.29 is 4.39 Å². The van der Waals surface area contributed by atoms with E-state index in [1.807, 2.05) is 25.1 Å². The Hall–Kier alpha value is -2.03. The van der Waals surface area contributed by atoms with Crippen LogP contribution >= 0.6 is 0 Å². The van der Waals surface area contributed by atoms with Crippen molar-refractivity contribution in [2.24, 2.45) is 0 Å². The van der Waals surface area contributed by atoms with Crippen LogP contribution in [-0.2, 0) is 0 Å². The largest absolute Gasteiger partial charge is 0.237 e. The summed E-state index contributed by atoms with van der Waals surface area (Å²) in [6.07, 6.45) is 3.16. The van der Waals surface area contributed by atoms with Gasteiger partial charge in [-0.3, -0.25) is 0 Å². The van der Waals surface area contributed by atoms with Crippen molar-refractivity contribution in [3.63, 3.8) is 0 Å². The van der Waals surface area contributed by atoms with Gasteiger partial charge in [-0.05, 0) is 19.9 Å². The maximum Gasteiger partial charge on any atom is 0.159 e. The van der Waals surface area contributed by atoms with Gasteiger partial charge in [-0.15, -0.1) is 0 Å². The predicted molar refractivity (Wildman–Crippen MR) is 67.0 cm³/mol. The van der Waals surface area contributed by atoms with Crippen molar-refractivity contribution in [1.82, 2.24) is 9.97 Å². The smallest absolute Gasteiger partial charge is 0.159 e. The van der Waals surface area contributed by atoms with E-state index in [0.29, 0.717) is 11.4 Å². The quantitative estimate of drug-likeness (QED) is 0.781. The minimum absolute atomic E-state index is 0.221. The van der Waals surface area contributed by atoms with Crippen LogP contribution in [0.1, 0.15) is 18.2 Å². The zero-order valence-electron chi connectivity index (χ0n) is 9.81. The van der Waals surface area contributed by atoms with Crippen LogP contribution < -0.4 is 0 Å². The number of allylic oxidation sites excluding steroid dienone is 1. The third-order valence-electron chi connectivity index (χ3n) is 2.47. The summed E-state index contributed by atoms with van der Waals surface area (Å²) >= 11 is 0. The molecule has 0 aliphatic carbocycles. The maximum atomic E-state index is 13.3. The Morgan fingerprint density at radius 1 is 1.18 bits per heavy atom. The molecule has 86 valence electrons. The molecule has 0 atom stereocenters. The zero-order chi connectivity index (χ0) is 12.3. The highest BCUT2D eigenvalue weighted by molar-refractivity contribution is 5.63. The van der Waals surface area contributed by atoms with E-state index in [0.717, 1.165) is 11.3 Å². The Bertz CT molecular complexity index is 544. The average Bonchev–Trinajstić information content (AvgIpc) is 2.38. The first-order chi connectivity index (χ1) is 8.20. The summed E-state index contributed by atoms with van der Waals surface area (Å²) in [6, 6.07) is 8.96. The van der Waals surface area contributed by atoms with Gasteiger partial charge < -0.3 is 0 Å². The average molecular weight is 228 g/mol. The van der Waals surface area contributed by atoms with E-state index in [1.165, 1.54) is 6.08 Å². The highest BCUT2D eigenvalue weighted by Gasteiger charge is 2.03. The summed E-state index contributed by atoms with van der Waals surface area (Å²) in [5, 5.41) is 0. The summed E-state index contributed by atoms with van der Waals surface area (Å²) < 4.78 is 13.3. The molecule has 3 heteroatoms. The van der Waals surface area contributed by atoms with Crippen LogP contribution in [0.2, 0.25) is 0 Å². The number of hydrogen-bond donors (Lipinski definition) is 0. The molecular weight excluding hydrogens is 215 g/mol. The topological polar surface area (TPSA) is 25.8 Å². The molecule has 0 fully saturated rings. The molecule has 17 heavy (non-hydrogen) atoms. The number of halogens is 1. The number of hydrogen-bond acceptors (Lipinski definition) is 2. The van der Waals surface area contributed by atoms with Gasteiger partial charge in [0.1, 0.15) is 5.83 Å². The highest BCUT2D eigenvalue weighted by atomic mass is 19.1. The van der Waals surface area contributed by atoms with Crippen LogP contribution in [0.4, 0.5) is 4.39 Å². The maximum absolute atomic E-state index is 13.3. The summed E-state index contributed by atoms with van der Waals surface area (Å²) in [5.74, 6) is 0.444. The second-order valence-electron chi connectivity index (χ2n) is 3.74. The van der Waals surface area contributed by atoms with Gasteiger partial charge in [-0.25, -0.2) is 14.4 Å². The summed E-state index contributed by atoms with van der Waals surface area (Å²) in [4.78, 5) is 8.50. The normalized spacial score (nSPS) is 11.6. The molecule has 2 aromatic rings. The fraction of sp³-hybridized carbons (Fsp3) is 0.143. The summed E-state index contributed by atoms with van der Waals surface area (Å²) in [7, 11) is 0. The van der Waals surface area contributed by atoms with Crippen molar-refractivity contribution >= 4 is 5.83 Å². The second-order valence-corrected chi connectivity index (χ2v) is 3.74. The fourth-order valence-corrected chi connectivity index (χ4v) is 1.53. The van der Waals surface area contributed by atoms with E-state index in [9.17, 15) is 4.39 Å². The van der Waals surface area contributed by atoms with E-state index >= 15 is 0 Å². The van der Waals surface area contributed by atoms with Gasteiger partial charge in [0.05, 0.1) is 0 Å². The van der Waals surface area contributed by atoms with Crippen LogP contribution in [0.5, 0.6) is 0 Å². The van der Waals surface area contributed by atoms with Crippen molar-refractivity contribution in [2.75, 3.05) is 0 Å². The highest BCUT2D eigenvalue weighted by Crippen LogP contribution is 2.20. The van der Waals surface area contributed by atoms with E-state index in [1.54, 1.807) is 25.3 Å². The molecule has 0 saturated carbocycles. The molecule has 0 spiro atoms. The van der Waals surface area contributed by atoms with Gasteiger partial charge in [-0.2, -0.15) is 0 Å². The van der Waals surface area contributed by atoms with E-state index in [2.05, 4.69) is 9.97 Å². The molecular formula is C14H13FN2. The SMILES string of the molecule is C/C=C(\F)c1ccc(-c2nccc(C)n2)cc1. The third-order valence-corrected chi connectivity index (χ3v) is 2.47. The lowest BCUT2D eigenvalue weighted by Gasteiger charge is -2.02.